The summed E-state index contributed by atoms with van der Waals surface area (Å²) in [5.41, 5.74) is 0.203. The highest BCUT2D eigenvalue weighted by molar-refractivity contribution is 5.91. The number of nitrogens with one attached hydrogen (secondary N) is 1. The van der Waals surface area contributed by atoms with Crippen molar-refractivity contribution in [3.63, 3.8) is 0 Å². The monoisotopic (exact) mass is 447 g/mol. The summed E-state index contributed by atoms with van der Waals surface area (Å²) < 4.78 is 16.3. The second-order valence-corrected chi connectivity index (χ2v) is 9.90. The van der Waals surface area contributed by atoms with E-state index in [0.29, 0.717) is 42.6 Å². The summed E-state index contributed by atoms with van der Waals surface area (Å²) in [5.74, 6) is 1.70. The van der Waals surface area contributed by atoms with Crippen LogP contribution in [-0.2, 0) is 9.53 Å². The summed E-state index contributed by atoms with van der Waals surface area (Å²) in [6.07, 6.45) is 2.30. The van der Waals surface area contributed by atoms with Gasteiger partial charge in [-0.3, -0.25) is 4.79 Å². The van der Waals surface area contributed by atoms with Crippen LogP contribution in [0.25, 0.3) is 0 Å². The van der Waals surface area contributed by atoms with Crippen molar-refractivity contribution < 1.29 is 23.8 Å². The van der Waals surface area contributed by atoms with Crippen molar-refractivity contribution in [2.24, 2.45) is 5.92 Å². The molecule has 1 atom stereocenters. The molecule has 2 amide bonds. The third-order valence-corrected chi connectivity index (χ3v) is 5.62. The maximum absolute atomic E-state index is 12.6. The number of carbonyl (C=O) groups excluding carboxylic acids is 2. The molecule has 2 heterocycles. The summed E-state index contributed by atoms with van der Waals surface area (Å²) in [6.45, 7) is 13.1. The van der Waals surface area contributed by atoms with E-state index in [4.69, 9.17) is 14.2 Å². The lowest BCUT2D eigenvalue weighted by molar-refractivity contribution is -0.116. The first-order valence-electron chi connectivity index (χ1n) is 11.5. The van der Waals surface area contributed by atoms with Gasteiger partial charge in [0, 0.05) is 43.9 Å². The summed E-state index contributed by atoms with van der Waals surface area (Å²) in [4.78, 5) is 29.2. The standard InChI is InChI=1S/C24H37N3O5/c1-17(2)27(23(29)32-24(3,4)5)15-18-7-6-11-26(14-18)12-10-22(28)25-19-8-9-20-21(13-19)31-16-30-20/h8-9,13,17-18H,6-7,10-12,14-16H2,1-5H3,(H,25,28). The minimum Gasteiger partial charge on any atom is -0.454 e. The summed E-state index contributed by atoms with van der Waals surface area (Å²) in [6, 6.07) is 5.49. The van der Waals surface area contributed by atoms with E-state index in [1.807, 2.05) is 45.6 Å². The molecule has 0 spiro atoms. The molecule has 8 heteroatoms. The number of benzene rings is 1. The molecule has 8 nitrogen and oxygen atoms in total. The molecule has 0 saturated carbocycles. The number of ether oxygens (including phenoxy) is 3. The van der Waals surface area contributed by atoms with E-state index in [1.165, 1.54) is 0 Å². The normalized spacial score (nSPS) is 18.5. The molecular weight excluding hydrogens is 410 g/mol. The number of rotatable bonds is 7. The van der Waals surface area contributed by atoms with Crippen LogP contribution in [0.15, 0.2) is 18.2 Å². The van der Waals surface area contributed by atoms with Crippen LogP contribution in [0.1, 0.15) is 53.9 Å². The summed E-state index contributed by atoms with van der Waals surface area (Å²) >= 11 is 0. The maximum atomic E-state index is 12.6. The van der Waals surface area contributed by atoms with Gasteiger partial charge in [0.2, 0.25) is 12.7 Å². The van der Waals surface area contributed by atoms with Crippen molar-refractivity contribution in [2.75, 3.05) is 38.3 Å². The first kappa shape index (κ1) is 24.2. The fraction of sp³-hybridized carbons (Fsp3) is 0.667. The van der Waals surface area contributed by atoms with Gasteiger partial charge in [0.1, 0.15) is 5.60 Å². The molecule has 1 fully saturated rings. The van der Waals surface area contributed by atoms with Gasteiger partial charge in [0.25, 0.3) is 0 Å². The van der Waals surface area contributed by atoms with Crippen LogP contribution in [-0.4, -0.2) is 66.4 Å². The van der Waals surface area contributed by atoms with Gasteiger partial charge in [0.05, 0.1) is 0 Å². The van der Waals surface area contributed by atoms with Crippen LogP contribution < -0.4 is 14.8 Å². The highest BCUT2D eigenvalue weighted by Gasteiger charge is 2.29. The third-order valence-electron chi connectivity index (χ3n) is 5.62. The highest BCUT2D eigenvalue weighted by Crippen LogP contribution is 2.34. The third kappa shape index (κ3) is 7.02. The fourth-order valence-corrected chi connectivity index (χ4v) is 4.06. The lowest BCUT2D eigenvalue weighted by Gasteiger charge is -2.37. The van der Waals surface area contributed by atoms with E-state index < -0.39 is 5.60 Å². The van der Waals surface area contributed by atoms with E-state index in [2.05, 4.69) is 10.2 Å². The molecule has 2 aliphatic rings. The number of piperidine rings is 1. The van der Waals surface area contributed by atoms with Gasteiger partial charge < -0.3 is 29.3 Å². The Morgan fingerprint density at radius 1 is 1.25 bits per heavy atom. The van der Waals surface area contributed by atoms with E-state index in [0.717, 1.165) is 25.9 Å². The average Bonchev–Trinajstić information content (AvgIpc) is 3.17. The molecule has 3 rings (SSSR count). The fourth-order valence-electron chi connectivity index (χ4n) is 4.06. The zero-order valence-corrected chi connectivity index (χ0v) is 20.0. The molecule has 0 aromatic heterocycles. The first-order valence-corrected chi connectivity index (χ1v) is 11.5. The van der Waals surface area contributed by atoms with Crippen molar-refractivity contribution in [3.8, 4) is 11.5 Å². The van der Waals surface area contributed by atoms with Gasteiger partial charge >= 0.3 is 6.09 Å². The molecule has 2 aliphatic heterocycles. The van der Waals surface area contributed by atoms with E-state index in [9.17, 15) is 9.59 Å². The first-order chi connectivity index (χ1) is 15.1. The Labute approximate surface area is 191 Å². The topological polar surface area (TPSA) is 80.3 Å². The molecular formula is C24H37N3O5. The highest BCUT2D eigenvalue weighted by atomic mass is 16.7. The summed E-state index contributed by atoms with van der Waals surface area (Å²) in [7, 11) is 0. The van der Waals surface area contributed by atoms with Crippen molar-refractivity contribution in [1.82, 2.24) is 9.80 Å². The molecule has 0 radical (unpaired) electrons. The molecule has 1 aromatic carbocycles. The lowest BCUT2D eigenvalue weighted by Crippen LogP contribution is -2.47. The van der Waals surface area contributed by atoms with Crippen molar-refractivity contribution >= 4 is 17.7 Å². The SMILES string of the molecule is CC(C)N(CC1CCCN(CCC(=O)Nc2ccc3c(c2)OCO3)C1)C(=O)OC(C)(C)C. The van der Waals surface area contributed by atoms with E-state index in [1.54, 1.807) is 12.1 Å². The van der Waals surface area contributed by atoms with Crippen molar-refractivity contribution in [2.45, 2.75) is 65.5 Å². The molecule has 1 aromatic rings. The second-order valence-electron chi connectivity index (χ2n) is 9.90. The molecule has 1 saturated heterocycles. The van der Waals surface area contributed by atoms with E-state index >= 15 is 0 Å². The van der Waals surface area contributed by atoms with E-state index in [-0.39, 0.29) is 24.8 Å². The number of carbonyl (C=O) groups is 2. The Morgan fingerprint density at radius 2 is 2.00 bits per heavy atom. The van der Waals surface area contributed by atoms with Crippen molar-refractivity contribution in [1.29, 1.82) is 0 Å². The summed E-state index contributed by atoms with van der Waals surface area (Å²) in [5, 5.41) is 2.94. The number of nitrogens with zero attached hydrogens (tertiary/aromatic N) is 2. The molecule has 0 aliphatic carbocycles. The minimum absolute atomic E-state index is 0.0245. The van der Waals surface area contributed by atoms with Gasteiger partial charge in [-0.05, 0) is 72.1 Å². The average molecular weight is 448 g/mol. The Bertz CT molecular complexity index is 805. The minimum atomic E-state index is -0.506. The number of likely N-dealkylation sites (tertiary alicyclic amines) is 1. The number of amides is 2. The second kappa shape index (κ2) is 10.4. The number of hydrogen-bond acceptors (Lipinski definition) is 6. The molecule has 0 bridgehead atoms. The molecule has 1 unspecified atom stereocenters. The van der Waals surface area contributed by atoms with Crippen LogP contribution in [0.3, 0.4) is 0 Å². The van der Waals surface area contributed by atoms with Gasteiger partial charge in [-0.15, -0.1) is 0 Å². The molecule has 178 valence electrons. The van der Waals surface area contributed by atoms with Gasteiger partial charge in [-0.2, -0.15) is 0 Å². The Kier molecular flexibility index (Phi) is 7.87. The Hall–Kier alpha value is -2.48. The Morgan fingerprint density at radius 3 is 2.72 bits per heavy atom. The zero-order valence-electron chi connectivity index (χ0n) is 20.0. The van der Waals surface area contributed by atoms with Crippen LogP contribution in [0, 0.1) is 5.92 Å². The predicted molar refractivity (Wildman–Crippen MR) is 123 cm³/mol. The lowest BCUT2D eigenvalue weighted by atomic mass is 9.97. The number of anilines is 1. The molecule has 32 heavy (non-hydrogen) atoms. The van der Waals surface area contributed by atoms with Crippen LogP contribution >= 0.6 is 0 Å². The van der Waals surface area contributed by atoms with Crippen LogP contribution in [0.5, 0.6) is 11.5 Å². The van der Waals surface area contributed by atoms with Crippen LogP contribution in [0.4, 0.5) is 10.5 Å². The Balaban J connectivity index is 1.46. The number of hydrogen-bond donors (Lipinski definition) is 1. The van der Waals surface area contributed by atoms with Crippen molar-refractivity contribution in [3.05, 3.63) is 18.2 Å². The predicted octanol–water partition coefficient (Wildman–Crippen LogP) is 4.10. The van der Waals surface area contributed by atoms with Gasteiger partial charge in [0.15, 0.2) is 11.5 Å². The smallest absolute Gasteiger partial charge is 0.410 e. The largest absolute Gasteiger partial charge is 0.454 e. The van der Waals surface area contributed by atoms with Gasteiger partial charge in [-0.25, -0.2) is 4.79 Å². The van der Waals surface area contributed by atoms with Crippen LogP contribution in [0.2, 0.25) is 0 Å². The zero-order chi connectivity index (χ0) is 23.3. The number of fused-ring (bicyclic) bond motifs is 1. The quantitative estimate of drug-likeness (QED) is 0.678. The molecule has 1 N–H and O–H groups in total. The maximum Gasteiger partial charge on any atom is 0.410 e. The van der Waals surface area contributed by atoms with Gasteiger partial charge in [-0.1, -0.05) is 0 Å².